The topological polar surface area (TPSA) is 55.8 Å². The molecule has 3 aliphatic heterocycles. The van der Waals surface area contributed by atoms with Gasteiger partial charge in [0.05, 0.1) is 17.6 Å². The molecule has 0 amide bonds. The normalized spacial score (nSPS) is 38.4. The van der Waals surface area contributed by atoms with E-state index in [1.165, 1.54) is 6.42 Å². The third-order valence-electron chi connectivity index (χ3n) is 4.54. The molecule has 0 N–H and O–H groups in total. The molecule has 3 aliphatic rings. The molecule has 0 radical (unpaired) electrons. The lowest BCUT2D eigenvalue weighted by Crippen LogP contribution is -2.31. The van der Waals surface area contributed by atoms with E-state index in [0.717, 1.165) is 39.0 Å². The van der Waals surface area contributed by atoms with Gasteiger partial charge in [-0.3, -0.25) is 4.90 Å². The quantitative estimate of drug-likeness (QED) is 0.760. The summed E-state index contributed by atoms with van der Waals surface area (Å²) in [5, 5.41) is -0.113. The molecule has 3 heterocycles. The van der Waals surface area contributed by atoms with Crippen LogP contribution in [-0.2, 0) is 19.3 Å². The molecule has 6 heteroatoms. The highest BCUT2D eigenvalue weighted by molar-refractivity contribution is 7.92. The first-order chi connectivity index (χ1) is 9.15. The Morgan fingerprint density at radius 2 is 2.11 bits per heavy atom. The van der Waals surface area contributed by atoms with Crippen molar-refractivity contribution in [1.82, 2.24) is 4.90 Å². The zero-order valence-corrected chi connectivity index (χ0v) is 12.1. The summed E-state index contributed by atoms with van der Waals surface area (Å²) in [7, 11) is -2.81. The van der Waals surface area contributed by atoms with Crippen LogP contribution in [-0.4, -0.2) is 63.5 Å². The molecule has 3 atom stereocenters. The maximum absolute atomic E-state index is 11.8. The number of hydrogen-bond acceptors (Lipinski definition) is 5. The van der Waals surface area contributed by atoms with Crippen LogP contribution in [0.2, 0.25) is 0 Å². The third-order valence-corrected chi connectivity index (χ3v) is 6.80. The number of rotatable bonds is 4. The molecule has 3 fully saturated rings. The van der Waals surface area contributed by atoms with E-state index >= 15 is 0 Å². The van der Waals surface area contributed by atoms with Gasteiger partial charge in [-0.1, -0.05) is 0 Å². The highest BCUT2D eigenvalue weighted by atomic mass is 32.2. The molecular formula is C13H23NO4S. The summed E-state index contributed by atoms with van der Waals surface area (Å²) in [6.07, 6.45) is 4.10. The first-order valence-corrected chi connectivity index (χ1v) is 9.04. The van der Waals surface area contributed by atoms with Crippen molar-refractivity contribution in [3.05, 3.63) is 0 Å². The lowest BCUT2D eigenvalue weighted by Gasteiger charge is -2.24. The summed E-state index contributed by atoms with van der Waals surface area (Å²) in [5.41, 5.74) is 0. The van der Waals surface area contributed by atoms with Crippen LogP contribution in [0.3, 0.4) is 0 Å². The number of hydrogen-bond donors (Lipinski definition) is 0. The van der Waals surface area contributed by atoms with Crippen molar-refractivity contribution in [2.24, 2.45) is 5.92 Å². The van der Waals surface area contributed by atoms with Gasteiger partial charge in [0.2, 0.25) is 0 Å². The summed E-state index contributed by atoms with van der Waals surface area (Å²) in [6.45, 7) is 3.88. The van der Waals surface area contributed by atoms with Gasteiger partial charge in [0, 0.05) is 26.2 Å². The first-order valence-electron chi connectivity index (χ1n) is 7.32. The molecule has 0 bridgehead atoms. The molecule has 0 aromatic carbocycles. The second-order valence-corrected chi connectivity index (χ2v) is 8.22. The van der Waals surface area contributed by atoms with E-state index in [9.17, 15) is 8.42 Å². The molecule has 3 rings (SSSR count). The fourth-order valence-electron chi connectivity index (χ4n) is 3.42. The van der Waals surface area contributed by atoms with Gasteiger partial charge in [-0.2, -0.15) is 0 Å². The summed E-state index contributed by atoms with van der Waals surface area (Å²) in [6, 6.07) is 0. The average Bonchev–Trinajstić information content (AvgIpc) is 2.92. The molecule has 0 unspecified atom stereocenters. The molecule has 0 saturated carbocycles. The molecule has 5 nitrogen and oxygen atoms in total. The molecule has 0 aromatic heterocycles. The van der Waals surface area contributed by atoms with Crippen LogP contribution in [0.5, 0.6) is 0 Å². The maximum Gasteiger partial charge on any atom is 0.157 e. The van der Waals surface area contributed by atoms with E-state index in [0.29, 0.717) is 24.8 Å². The van der Waals surface area contributed by atoms with Gasteiger partial charge < -0.3 is 9.47 Å². The van der Waals surface area contributed by atoms with Gasteiger partial charge in [0.25, 0.3) is 0 Å². The number of fused-ring (bicyclic) bond motifs is 1. The van der Waals surface area contributed by atoms with Crippen LogP contribution >= 0.6 is 0 Å². The zero-order chi connectivity index (χ0) is 13.3. The Kier molecular flexibility index (Phi) is 4.12. The van der Waals surface area contributed by atoms with Crippen molar-refractivity contribution in [3.63, 3.8) is 0 Å². The van der Waals surface area contributed by atoms with Crippen molar-refractivity contribution in [2.45, 2.75) is 37.2 Å². The monoisotopic (exact) mass is 289 g/mol. The van der Waals surface area contributed by atoms with Crippen molar-refractivity contribution < 1.29 is 17.9 Å². The predicted octanol–water partition coefficient (Wildman–Crippen LogP) is 0.648. The second-order valence-electron chi connectivity index (χ2n) is 5.88. The lowest BCUT2D eigenvalue weighted by atomic mass is 10.1. The molecule has 0 aliphatic carbocycles. The highest BCUT2D eigenvalue weighted by Crippen LogP contribution is 2.33. The van der Waals surface area contributed by atoms with Crippen LogP contribution in [0.1, 0.15) is 25.7 Å². The third kappa shape index (κ3) is 3.12. The Bertz CT molecular complexity index is 405. The van der Waals surface area contributed by atoms with Crippen LogP contribution in [0.15, 0.2) is 0 Å². The lowest BCUT2D eigenvalue weighted by molar-refractivity contribution is -0.163. The predicted molar refractivity (Wildman–Crippen MR) is 71.7 cm³/mol. The van der Waals surface area contributed by atoms with E-state index in [2.05, 4.69) is 4.90 Å². The fourth-order valence-corrected chi connectivity index (χ4v) is 5.60. The Morgan fingerprint density at radius 1 is 1.21 bits per heavy atom. The fraction of sp³-hybridized carbons (Fsp3) is 1.00. The minimum Gasteiger partial charge on any atom is -0.353 e. The van der Waals surface area contributed by atoms with Gasteiger partial charge in [0.15, 0.2) is 16.1 Å². The Morgan fingerprint density at radius 3 is 2.84 bits per heavy atom. The van der Waals surface area contributed by atoms with E-state index in [1.54, 1.807) is 0 Å². The Hall–Kier alpha value is -0.170. The van der Waals surface area contributed by atoms with Crippen molar-refractivity contribution in [3.8, 4) is 0 Å². The first kappa shape index (κ1) is 13.8. The van der Waals surface area contributed by atoms with E-state index in [-0.39, 0.29) is 11.5 Å². The average molecular weight is 289 g/mol. The minimum atomic E-state index is -2.81. The van der Waals surface area contributed by atoms with Crippen molar-refractivity contribution in [1.29, 1.82) is 0 Å². The van der Waals surface area contributed by atoms with Crippen molar-refractivity contribution in [2.75, 3.05) is 38.6 Å². The van der Waals surface area contributed by atoms with Crippen molar-refractivity contribution >= 4 is 9.84 Å². The second kappa shape index (κ2) is 5.68. The highest BCUT2D eigenvalue weighted by Gasteiger charge is 2.45. The van der Waals surface area contributed by atoms with Gasteiger partial charge in [-0.15, -0.1) is 0 Å². The maximum atomic E-state index is 11.8. The van der Waals surface area contributed by atoms with Crippen LogP contribution < -0.4 is 0 Å². The van der Waals surface area contributed by atoms with Crippen LogP contribution in [0, 0.1) is 5.92 Å². The molecule has 110 valence electrons. The van der Waals surface area contributed by atoms with E-state index in [1.807, 2.05) is 0 Å². The summed E-state index contributed by atoms with van der Waals surface area (Å²) in [5.74, 6) is 0.749. The summed E-state index contributed by atoms with van der Waals surface area (Å²) in [4.78, 5) is 2.23. The van der Waals surface area contributed by atoms with Gasteiger partial charge in [-0.25, -0.2) is 8.42 Å². The largest absolute Gasteiger partial charge is 0.353 e. The molecule has 19 heavy (non-hydrogen) atoms. The molecule has 0 aromatic rings. The van der Waals surface area contributed by atoms with Crippen LogP contribution in [0.25, 0.3) is 0 Å². The Balaban J connectivity index is 1.40. The number of sulfone groups is 1. The number of ether oxygens (including phenoxy) is 2. The zero-order valence-electron chi connectivity index (χ0n) is 11.3. The summed E-state index contributed by atoms with van der Waals surface area (Å²) >= 11 is 0. The number of nitrogens with zero attached hydrogens (tertiary/aromatic N) is 1. The van der Waals surface area contributed by atoms with E-state index < -0.39 is 9.84 Å². The smallest absolute Gasteiger partial charge is 0.157 e. The van der Waals surface area contributed by atoms with Gasteiger partial charge in [0.1, 0.15) is 0 Å². The number of likely N-dealkylation sites (tertiary alicyclic amines) is 1. The molecular weight excluding hydrogens is 266 g/mol. The molecule has 0 spiro atoms. The SMILES string of the molecule is O=S1(=O)CC[C@H]2CN(CCO[C@@H]3CCCCO3)C[C@H]21. The van der Waals surface area contributed by atoms with Gasteiger partial charge in [-0.05, 0) is 31.6 Å². The standard InChI is InChI=1S/C13H23NO4S/c15-19(16)8-4-11-9-14(10-12(11)19)5-7-18-13-3-1-2-6-17-13/h11-13H,1-10H2/t11-,12+,13+/m0/s1. The molecule has 3 saturated heterocycles. The Labute approximate surface area is 115 Å². The minimum absolute atomic E-state index is 0.0421. The van der Waals surface area contributed by atoms with Gasteiger partial charge >= 0.3 is 0 Å². The van der Waals surface area contributed by atoms with Crippen LogP contribution in [0.4, 0.5) is 0 Å². The van der Waals surface area contributed by atoms with E-state index in [4.69, 9.17) is 9.47 Å². The summed E-state index contributed by atoms with van der Waals surface area (Å²) < 4.78 is 34.9.